The van der Waals surface area contributed by atoms with Crippen LogP contribution in [-0.2, 0) is 4.79 Å². The molecule has 1 fully saturated rings. The summed E-state index contributed by atoms with van der Waals surface area (Å²) < 4.78 is 0. The SMILES string of the molecule is CCN(CC(=O)O)C1CC(NC(=O)c2csc([N+](=O)[O-])c2)C1. The molecule has 1 aliphatic rings. The lowest BCUT2D eigenvalue weighted by Crippen LogP contribution is -2.54. The van der Waals surface area contributed by atoms with Crippen molar-refractivity contribution in [2.45, 2.75) is 31.8 Å². The molecule has 0 bridgehead atoms. The highest BCUT2D eigenvalue weighted by Crippen LogP contribution is 2.27. The molecule has 1 aromatic heterocycles. The summed E-state index contributed by atoms with van der Waals surface area (Å²) in [6, 6.07) is 1.40. The molecular formula is C13H17N3O5S. The van der Waals surface area contributed by atoms with Crippen LogP contribution < -0.4 is 5.32 Å². The summed E-state index contributed by atoms with van der Waals surface area (Å²) in [6.07, 6.45) is 1.39. The van der Waals surface area contributed by atoms with Crippen molar-refractivity contribution < 1.29 is 19.6 Å². The molecule has 1 amide bonds. The van der Waals surface area contributed by atoms with E-state index in [1.165, 1.54) is 11.4 Å². The van der Waals surface area contributed by atoms with Gasteiger partial charge in [0.1, 0.15) is 0 Å². The van der Waals surface area contributed by atoms with Gasteiger partial charge in [0.05, 0.1) is 17.0 Å². The molecule has 0 spiro atoms. The average Bonchev–Trinajstić information content (AvgIpc) is 2.89. The third kappa shape index (κ3) is 3.80. The van der Waals surface area contributed by atoms with Gasteiger partial charge in [-0.1, -0.05) is 18.3 Å². The van der Waals surface area contributed by atoms with Crippen LogP contribution in [0.1, 0.15) is 30.1 Å². The minimum Gasteiger partial charge on any atom is -0.480 e. The lowest BCUT2D eigenvalue weighted by Gasteiger charge is -2.42. The minimum absolute atomic E-state index is 0.00143. The van der Waals surface area contributed by atoms with Crippen molar-refractivity contribution in [1.82, 2.24) is 10.2 Å². The molecule has 1 heterocycles. The standard InChI is InChI=1S/C13H17N3O5S/c1-2-15(6-12(17)18)10-4-9(5-10)14-13(19)8-3-11(16(20)21)22-7-8/h3,7,9-10H,2,4-6H2,1H3,(H,14,19)(H,17,18). The Hall–Kier alpha value is -2.00. The number of nitro groups is 1. The van der Waals surface area contributed by atoms with E-state index in [0.717, 1.165) is 11.3 Å². The first kappa shape index (κ1) is 16.4. The van der Waals surface area contributed by atoms with Gasteiger partial charge in [0.15, 0.2) is 0 Å². The Labute approximate surface area is 130 Å². The summed E-state index contributed by atoms with van der Waals surface area (Å²) in [5.41, 5.74) is 0.290. The van der Waals surface area contributed by atoms with Crippen molar-refractivity contribution in [3.8, 4) is 0 Å². The van der Waals surface area contributed by atoms with Gasteiger partial charge in [-0.05, 0) is 19.4 Å². The molecule has 2 N–H and O–H groups in total. The summed E-state index contributed by atoms with van der Waals surface area (Å²) in [6.45, 7) is 2.55. The number of carbonyl (C=O) groups is 2. The maximum atomic E-state index is 12.0. The van der Waals surface area contributed by atoms with Crippen LogP contribution in [0.15, 0.2) is 11.4 Å². The highest BCUT2D eigenvalue weighted by molar-refractivity contribution is 7.13. The van der Waals surface area contributed by atoms with Gasteiger partial charge in [0, 0.05) is 23.5 Å². The van der Waals surface area contributed by atoms with Crippen LogP contribution in [0.5, 0.6) is 0 Å². The summed E-state index contributed by atoms with van der Waals surface area (Å²) in [5.74, 6) is -1.19. The zero-order valence-electron chi connectivity index (χ0n) is 12.0. The summed E-state index contributed by atoms with van der Waals surface area (Å²) in [5, 5.41) is 23.6. The number of carboxylic acid groups (broad SMARTS) is 1. The van der Waals surface area contributed by atoms with Gasteiger partial charge in [0.2, 0.25) is 0 Å². The van der Waals surface area contributed by atoms with Gasteiger partial charge in [-0.3, -0.25) is 24.6 Å². The van der Waals surface area contributed by atoms with Gasteiger partial charge >= 0.3 is 11.0 Å². The first-order valence-electron chi connectivity index (χ1n) is 6.90. The minimum atomic E-state index is -0.861. The molecule has 8 nitrogen and oxygen atoms in total. The maximum absolute atomic E-state index is 12.0. The molecule has 0 aliphatic heterocycles. The lowest BCUT2D eigenvalue weighted by molar-refractivity contribution is -0.380. The zero-order chi connectivity index (χ0) is 16.3. The van der Waals surface area contributed by atoms with E-state index >= 15 is 0 Å². The average molecular weight is 327 g/mol. The van der Waals surface area contributed by atoms with Crippen molar-refractivity contribution in [2.75, 3.05) is 13.1 Å². The normalized spacial score (nSPS) is 20.5. The topological polar surface area (TPSA) is 113 Å². The zero-order valence-corrected chi connectivity index (χ0v) is 12.8. The lowest BCUT2D eigenvalue weighted by atomic mass is 9.85. The van der Waals surface area contributed by atoms with Crippen LogP contribution in [0.4, 0.5) is 5.00 Å². The molecule has 0 aromatic carbocycles. The van der Waals surface area contributed by atoms with Crippen molar-refractivity contribution in [3.63, 3.8) is 0 Å². The van der Waals surface area contributed by atoms with Crippen molar-refractivity contribution in [1.29, 1.82) is 0 Å². The van der Waals surface area contributed by atoms with Gasteiger partial charge in [-0.25, -0.2) is 0 Å². The van der Waals surface area contributed by atoms with Crippen LogP contribution in [-0.4, -0.2) is 52.0 Å². The monoisotopic (exact) mass is 327 g/mol. The Morgan fingerprint density at radius 2 is 2.23 bits per heavy atom. The van der Waals surface area contributed by atoms with Crippen LogP contribution in [0.25, 0.3) is 0 Å². The molecule has 2 rings (SSSR count). The fourth-order valence-corrected chi connectivity index (χ4v) is 3.19. The number of aliphatic carboxylic acids is 1. The van der Waals surface area contributed by atoms with E-state index in [9.17, 15) is 19.7 Å². The van der Waals surface area contributed by atoms with E-state index in [2.05, 4.69) is 5.32 Å². The number of hydrogen-bond donors (Lipinski definition) is 2. The number of likely N-dealkylation sites (N-methyl/N-ethyl adjacent to an activating group) is 1. The predicted molar refractivity (Wildman–Crippen MR) is 80.1 cm³/mol. The van der Waals surface area contributed by atoms with Crippen molar-refractivity contribution in [2.24, 2.45) is 0 Å². The predicted octanol–water partition coefficient (Wildman–Crippen LogP) is 1.32. The van der Waals surface area contributed by atoms with E-state index < -0.39 is 10.9 Å². The molecule has 1 saturated carbocycles. The van der Waals surface area contributed by atoms with Crippen molar-refractivity contribution >= 4 is 28.2 Å². The maximum Gasteiger partial charge on any atom is 0.324 e. The summed E-state index contributed by atoms with van der Waals surface area (Å²) in [7, 11) is 0. The Kier molecular flexibility index (Phi) is 5.09. The second-order valence-electron chi connectivity index (χ2n) is 5.18. The number of hydrogen-bond acceptors (Lipinski definition) is 6. The number of nitrogens with one attached hydrogen (secondary N) is 1. The first-order chi connectivity index (χ1) is 10.4. The molecule has 0 atom stereocenters. The Bertz CT molecular complexity index is 582. The molecule has 22 heavy (non-hydrogen) atoms. The number of rotatable bonds is 7. The third-order valence-electron chi connectivity index (χ3n) is 3.74. The molecule has 1 aromatic rings. The smallest absolute Gasteiger partial charge is 0.324 e. The quantitative estimate of drug-likeness (QED) is 0.577. The Morgan fingerprint density at radius 3 is 2.73 bits per heavy atom. The molecule has 0 radical (unpaired) electrons. The van der Waals surface area contributed by atoms with Crippen LogP contribution in [0.2, 0.25) is 0 Å². The third-order valence-corrected chi connectivity index (χ3v) is 4.62. The Balaban J connectivity index is 1.82. The van der Waals surface area contributed by atoms with Crippen molar-refractivity contribution in [3.05, 3.63) is 27.1 Å². The number of nitrogens with zero attached hydrogens (tertiary/aromatic N) is 2. The fourth-order valence-electron chi connectivity index (χ4n) is 2.49. The molecule has 120 valence electrons. The Morgan fingerprint density at radius 1 is 1.55 bits per heavy atom. The fraction of sp³-hybridized carbons (Fsp3) is 0.538. The molecular weight excluding hydrogens is 310 g/mol. The number of carboxylic acids is 1. The van der Waals surface area contributed by atoms with Gasteiger partial charge in [-0.2, -0.15) is 0 Å². The summed E-state index contributed by atoms with van der Waals surface area (Å²) in [4.78, 5) is 34.7. The highest BCUT2D eigenvalue weighted by Gasteiger charge is 2.35. The van der Waals surface area contributed by atoms with Gasteiger partial charge < -0.3 is 10.4 Å². The van der Waals surface area contributed by atoms with E-state index in [1.54, 1.807) is 0 Å². The molecule has 0 saturated heterocycles. The highest BCUT2D eigenvalue weighted by atomic mass is 32.1. The molecule has 0 unspecified atom stereocenters. The van der Waals surface area contributed by atoms with E-state index in [4.69, 9.17) is 5.11 Å². The summed E-state index contributed by atoms with van der Waals surface area (Å²) >= 11 is 0.921. The van der Waals surface area contributed by atoms with Gasteiger partial charge in [-0.15, -0.1) is 0 Å². The number of thiophene rings is 1. The van der Waals surface area contributed by atoms with Crippen LogP contribution in [0.3, 0.4) is 0 Å². The van der Waals surface area contributed by atoms with Gasteiger partial charge in [0.25, 0.3) is 5.91 Å². The number of amides is 1. The van der Waals surface area contributed by atoms with E-state index in [1.807, 2.05) is 11.8 Å². The van der Waals surface area contributed by atoms with Crippen LogP contribution >= 0.6 is 11.3 Å². The molecule has 9 heteroatoms. The second-order valence-corrected chi connectivity index (χ2v) is 6.07. The van der Waals surface area contributed by atoms with E-state index in [0.29, 0.717) is 19.4 Å². The first-order valence-corrected chi connectivity index (χ1v) is 7.78. The molecule has 1 aliphatic carbocycles. The second kappa shape index (κ2) is 6.84. The largest absolute Gasteiger partial charge is 0.480 e. The van der Waals surface area contributed by atoms with E-state index in [-0.39, 0.29) is 35.1 Å². The number of carbonyl (C=O) groups excluding carboxylic acids is 1. The van der Waals surface area contributed by atoms with Crippen LogP contribution in [0, 0.1) is 10.1 Å².